The van der Waals surface area contributed by atoms with Gasteiger partial charge in [-0.15, -0.1) is 0 Å². The highest BCUT2D eigenvalue weighted by molar-refractivity contribution is 9.10. The van der Waals surface area contributed by atoms with Crippen LogP contribution in [0.2, 0.25) is 10.0 Å². The lowest BCUT2D eigenvalue weighted by molar-refractivity contribution is -0.143. The van der Waals surface area contributed by atoms with E-state index in [0.29, 0.717) is 41.7 Å². The van der Waals surface area contributed by atoms with Gasteiger partial charge in [0.2, 0.25) is 0 Å². The van der Waals surface area contributed by atoms with E-state index < -0.39 is 5.97 Å². The third-order valence-corrected chi connectivity index (χ3v) is 4.42. The van der Waals surface area contributed by atoms with Gasteiger partial charge in [-0.05, 0) is 25.0 Å². The Morgan fingerprint density at radius 1 is 1.24 bits per heavy atom. The van der Waals surface area contributed by atoms with Gasteiger partial charge in [-0.3, -0.25) is 4.79 Å². The Kier molecular flexibility index (Phi) is 5.35. The number of anilines is 1. The van der Waals surface area contributed by atoms with E-state index in [0.717, 1.165) is 4.47 Å². The molecule has 0 radical (unpaired) electrons. The lowest BCUT2D eigenvalue weighted by atomic mass is 9.97. The number of rotatable bonds is 2. The van der Waals surface area contributed by atoms with Crippen LogP contribution in [0.1, 0.15) is 12.8 Å². The Labute approximate surface area is 140 Å². The van der Waals surface area contributed by atoms with E-state index in [1.165, 1.54) is 0 Å². The molecule has 1 saturated heterocycles. The van der Waals surface area contributed by atoms with Gasteiger partial charge in [0.05, 0.1) is 21.7 Å². The predicted octanol–water partition coefficient (Wildman–Crippen LogP) is 4.08. The van der Waals surface area contributed by atoms with Crippen molar-refractivity contribution < 1.29 is 14.7 Å². The number of halogens is 3. The van der Waals surface area contributed by atoms with Crippen molar-refractivity contribution in [2.24, 2.45) is 5.92 Å². The minimum atomic E-state index is -0.811. The number of nitrogens with one attached hydrogen (secondary N) is 1. The normalized spacial score (nSPS) is 15.9. The van der Waals surface area contributed by atoms with E-state index in [-0.39, 0.29) is 11.9 Å². The molecule has 0 spiro atoms. The van der Waals surface area contributed by atoms with Crippen LogP contribution in [0.5, 0.6) is 0 Å². The van der Waals surface area contributed by atoms with Gasteiger partial charge in [-0.2, -0.15) is 0 Å². The molecule has 0 saturated carbocycles. The van der Waals surface area contributed by atoms with Gasteiger partial charge >= 0.3 is 12.0 Å². The number of carboxylic acid groups (broad SMARTS) is 1. The van der Waals surface area contributed by atoms with Crippen LogP contribution in [0.4, 0.5) is 10.5 Å². The molecule has 1 heterocycles. The third-order valence-electron chi connectivity index (χ3n) is 3.37. The summed E-state index contributed by atoms with van der Waals surface area (Å²) in [4.78, 5) is 24.6. The molecule has 0 aromatic heterocycles. The van der Waals surface area contributed by atoms with E-state index >= 15 is 0 Å². The van der Waals surface area contributed by atoms with Crippen LogP contribution in [-0.2, 0) is 4.79 Å². The number of piperidine rings is 1. The van der Waals surface area contributed by atoms with Crippen molar-refractivity contribution in [3.8, 4) is 0 Å². The molecule has 1 aliphatic heterocycles. The van der Waals surface area contributed by atoms with Crippen molar-refractivity contribution in [1.29, 1.82) is 0 Å². The average molecular weight is 396 g/mol. The zero-order valence-electron chi connectivity index (χ0n) is 10.9. The summed E-state index contributed by atoms with van der Waals surface area (Å²) >= 11 is 15.4. The van der Waals surface area contributed by atoms with E-state index in [1.807, 2.05) is 0 Å². The average Bonchev–Trinajstić information content (AvgIpc) is 2.42. The topological polar surface area (TPSA) is 69.6 Å². The summed E-state index contributed by atoms with van der Waals surface area (Å²) < 4.78 is 0.720. The van der Waals surface area contributed by atoms with E-state index in [1.54, 1.807) is 17.0 Å². The third kappa shape index (κ3) is 4.02. The smallest absolute Gasteiger partial charge is 0.321 e. The van der Waals surface area contributed by atoms with Crippen LogP contribution in [-0.4, -0.2) is 35.1 Å². The van der Waals surface area contributed by atoms with Gasteiger partial charge in [0, 0.05) is 17.6 Å². The van der Waals surface area contributed by atoms with Crippen LogP contribution in [0.25, 0.3) is 0 Å². The van der Waals surface area contributed by atoms with Gasteiger partial charge < -0.3 is 15.3 Å². The minimum Gasteiger partial charge on any atom is -0.481 e. The molecule has 2 amide bonds. The van der Waals surface area contributed by atoms with Crippen molar-refractivity contribution in [2.45, 2.75) is 12.8 Å². The SMILES string of the molecule is O=C(O)C1CCN(C(=O)Nc2c(Cl)cc(Br)cc2Cl)CC1. The van der Waals surface area contributed by atoms with Gasteiger partial charge in [0.25, 0.3) is 0 Å². The van der Waals surface area contributed by atoms with Crippen LogP contribution in [0.15, 0.2) is 16.6 Å². The standard InChI is InChI=1S/C13H13BrCl2N2O3/c14-8-5-9(15)11(10(16)6-8)17-13(21)18-3-1-7(2-4-18)12(19)20/h5-7H,1-4H2,(H,17,21)(H,19,20). The number of nitrogens with zero attached hydrogens (tertiary/aromatic N) is 1. The number of likely N-dealkylation sites (tertiary alicyclic amines) is 1. The molecule has 0 unspecified atom stereocenters. The van der Waals surface area contributed by atoms with Gasteiger partial charge in [0.15, 0.2) is 0 Å². The highest BCUT2D eigenvalue weighted by Gasteiger charge is 2.27. The second kappa shape index (κ2) is 6.85. The highest BCUT2D eigenvalue weighted by Crippen LogP contribution is 2.34. The van der Waals surface area contributed by atoms with Crippen molar-refractivity contribution in [3.63, 3.8) is 0 Å². The molecule has 21 heavy (non-hydrogen) atoms. The molecule has 0 aliphatic carbocycles. The number of carbonyl (C=O) groups is 2. The van der Waals surface area contributed by atoms with Crippen LogP contribution < -0.4 is 5.32 Å². The first-order valence-electron chi connectivity index (χ1n) is 6.31. The number of hydrogen-bond acceptors (Lipinski definition) is 2. The molecule has 0 atom stereocenters. The quantitative estimate of drug-likeness (QED) is 0.792. The van der Waals surface area contributed by atoms with Crippen LogP contribution in [0, 0.1) is 5.92 Å². The number of hydrogen-bond donors (Lipinski definition) is 2. The molecule has 1 aromatic rings. The maximum atomic E-state index is 12.2. The minimum absolute atomic E-state index is 0.329. The molecule has 2 N–H and O–H groups in total. The summed E-state index contributed by atoms with van der Waals surface area (Å²) in [7, 11) is 0. The molecule has 0 bridgehead atoms. The Balaban J connectivity index is 2.01. The molecule has 114 valence electrons. The number of amides is 2. The Hall–Kier alpha value is -0.980. The fraction of sp³-hybridized carbons (Fsp3) is 0.385. The molecule has 8 heteroatoms. The van der Waals surface area contributed by atoms with Crippen LogP contribution in [0.3, 0.4) is 0 Å². The fourth-order valence-electron chi connectivity index (χ4n) is 2.18. The summed E-state index contributed by atoms with van der Waals surface area (Å²) in [6.07, 6.45) is 0.898. The maximum Gasteiger partial charge on any atom is 0.321 e. The summed E-state index contributed by atoms with van der Waals surface area (Å²) in [6, 6.07) is 2.95. The number of aliphatic carboxylic acids is 1. The number of carboxylic acids is 1. The predicted molar refractivity (Wildman–Crippen MR) is 85.1 cm³/mol. The summed E-state index contributed by atoms with van der Waals surface area (Å²) in [6.45, 7) is 0.795. The largest absolute Gasteiger partial charge is 0.481 e. The zero-order chi connectivity index (χ0) is 15.6. The van der Waals surface area contributed by atoms with Crippen molar-refractivity contribution in [2.75, 3.05) is 18.4 Å². The summed E-state index contributed by atoms with van der Waals surface area (Å²) in [5.74, 6) is -1.19. The van der Waals surface area contributed by atoms with Gasteiger partial charge in [-0.25, -0.2) is 4.79 Å². The molecule has 1 fully saturated rings. The first-order chi connectivity index (χ1) is 9.88. The second-order valence-electron chi connectivity index (χ2n) is 4.77. The van der Waals surface area contributed by atoms with E-state index in [2.05, 4.69) is 21.2 Å². The lowest BCUT2D eigenvalue weighted by Gasteiger charge is -2.30. The first kappa shape index (κ1) is 16.4. The van der Waals surface area contributed by atoms with Crippen LogP contribution >= 0.6 is 39.1 Å². The Bertz CT molecular complexity index is 552. The monoisotopic (exact) mass is 394 g/mol. The Morgan fingerprint density at radius 3 is 2.24 bits per heavy atom. The van der Waals surface area contributed by atoms with Crippen molar-refractivity contribution >= 4 is 56.8 Å². The summed E-state index contributed by atoms with van der Waals surface area (Å²) in [5.41, 5.74) is 0.354. The molecule has 1 aromatic carbocycles. The Morgan fingerprint density at radius 2 is 1.76 bits per heavy atom. The zero-order valence-corrected chi connectivity index (χ0v) is 14.0. The molecular formula is C13H13BrCl2N2O3. The van der Waals surface area contributed by atoms with E-state index in [4.69, 9.17) is 28.3 Å². The maximum absolute atomic E-state index is 12.2. The molecule has 1 aliphatic rings. The van der Waals surface area contributed by atoms with Gasteiger partial charge in [-0.1, -0.05) is 39.1 Å². The van der Waals surface area contributed by atoms with Crippen molar-refractivity contribution in [3.05, 3.63) is 26.7 Å². The second-order valence-corrected chi connectivity index (χ2v) is 6.50. The molecule has 2 rings (SSSR count). The fourth-order valence-corrected chi connectivity index (χ4v) is 3.48. The van der Waals surface area contributed by atoms with Gasteiger partial charge in [0.1, 0.15) is 0 Å². The van der Waals surface area contributed by atoms with Crippen molar-refractivity contribution in [1.82, 2.24) is 4.90 Å². The summed E-state index contributed by atoms with van der Waals surface area (Å²) in [5, 5.41) is 12.3. The number of benzene rings is 1. The number of urea groups is 1. The first-order valence-corrected chi connectivity index (χ1v) is 7.86. The highest BCUT2D eigenvalue weighted by atomic mass is 79.9. The lowest BCUT2D eigenvalue weighted by Crippen LogP contribution is -2.42. The number of carbonyl (C=O) groups excluding carboxylic acids is 1. The molecular weight excluding hydrogens is 383 g/mol. The molecule has 5 nitrogen and oxygen atoms in total. The van der Waals surface area contributed by atoms with E-state index in [9.17, 15) is 9.59 Å².